The number of carbonyl (C=O) groups is 2. The van der Waals surface area contributed by atoms with Gasteiger partial charge in [-0.1, -0.05) is 6.07 Å². The van der Waals surface area contributed by atoms with E-state index in [1.807, 2.05) is 0 Å². The van der Waals surface area contributed by atoms with Crippen LogP contribution in [-0.2, 0) is 4.74 Å². The van der Waals surface area contributed by atoms with E-state index in [0.29, 0.717) is 17.2 Å². The van der Waals surface area contributed by atoms with Crippen molar-refractivity contribution >= 4 is 17.7 Å². The molecule has 1 aliphatic rings. The summed E-state index contributed by atoms with van der Waals surface area (Å²) in [5.41, 5.74) is 0.524. The molecule has 1 aromatic carbocycles. The van der Waals surface area contributed by atoms with E-state index in [1.165, 1.54) is 12.8 Å². The van der Waals surface area contributed by atoms with Crippen molar-refractivity contribution < 1.29 is 14.3 Å². The summed E-state index contributed by atoms with van der Waals surface area (Å²) in [6, 6.07) is 6.83. The molecule has 114 valence electrons. The van der Waals surface area contributed by atoms with Crippen LogP contribution in [0.15, 0.2) is 24.3 Å². The molecule has 0 aromatic heterocycles. The molecule has 0 aliphatic heterocycles. The van der Waals surface area contributed by atoms with E-state index in [1.54, 1.807) is 45.0 Å². The Balaban J connectivity index is 1.93. The van der Waals surface area contributed by atoms with Crippen molar-refractivity contribution in [1.29, 1.82) is 0 Å². The highest BCUT2D eigenvalue weighted by Crippen LogP contribution is 2.27. The van der Waals surface area contributed by atoms with Gasteiger partial charge in [-0.2, -0.15) is 0 Å². The fourth-order valence-electron chi connectivity index (χ4n) is 1.82. The fourth-order valence-corrected chi connectivity index (χ4v) is 1.82. The summed E-state index contributed by atoms with van der Waals surface area (Å²) in [5.74, 6) is 0.520. The summed E-state index contributed by atoms with van der Waals surface area (Å²) in [6.45, 7) is 6.12. The molecule has 0 saturated heterocycles. The molecule has 21 heavy (non-hydrogen) atoms. The third-order valence-electron chi connectivity index (χ3n) is 3.02. The largest absolute Gasteiger partial charge is 0.444 e. The molecule has 1 aromatic rings. The molecule has 5 heteroatoms. The number of anilines is 1. The first kappa shape index (κ1) is 15.4. The van der Waals surface area contributed by atoms with Crippen LogP contribution in [0, 0.1) is 5.92 Å². The number of rotatable bonds is 4. The fraction of sp³-hybridized carbons (Fsp3) is 0.500. The van der Waals surface area contributed by atoms with Gasteiger partial charge in [-0.25, -0.2) is 4.79 Å². The first-order valence-corrected chi connectivity index (χ1v) is 7.22. The van der Waals surface area contributed by atoms with E-state index in [-0.39, 0.29) is 5.91 Å². The van der Waals surface area contributed by atoms with Gasteiger partial charge in [-0.3, -0.25) is 10.1 Å². The molecule has 0 spiro atoms. The second-order valence-corrected chi connectivity index (χ2v) is 6.36. The van der Waals surface area contributed by atoms with Crippen LogP contribution in [-0.4, -0.2) is 24.1 Å². The number of benzene rings is 1. The molecule has 0 atom stereocenters. The van der Waals surface area contributed by atoms with Crippen molar-refractivity contribution in [2.75, 3.05) is 11.9 Å². The molecule has 2 N–H and O–H groups in total. The lowest BCUT2D eigenvalue weighted by atomic mass is 10.2. The van der Waals surface area contributed by atoms with Gasteiger partial charge in [0.2, 0.25) is 0 Å². The third kappa shape index (κ3) is 5.45. The topological polar surface area (TPSA) is 67.4 Å². The number of amides is 2. The Labute approximate surface area is 125 Å². The quantitative estimate of drug-likeness (QED) is 0.895. The molecule has 1 aliphatic carbocycles. The van der Waals surface area contributed by atoms with Gasteiger partial charge in [0.15, 0.2) is 0 Å². The highest BCUT2D eigenvalue weighted by molar-refractivity contribution is 5.96. The van der Waals surface area contributed by atoms with Crippen LogP contribution >= 0.6 is 0 Å². The van der Waals surface area contributed by atoms with Gasteiger partial charge in [-0.05, 0) is 57.7 Å². The van der Waals surface area contributed by atoms with Crippen LogP contribution in [0.1, 0.15) is 44.0 Å². The number of hydrogen-bond acceptors (Lipinski definition) is 3. The molecule has 0 heterocycles. The third-order valence-corrected chi connectivity index (χ3v) is 3.02. The van der Waals surface area contributed by atoms with Crippen LogP contribution < -0.4 is 10.6 Å². The lowest BCUT2D eigenvalue weighted by molar-refractivity contribution is 0.0635. The molecule has 5 nitrogen and oxygen atoms in total. The number of ether oxygens (including phenoxy) is 1. The summed E-state index contributed by atoms with van der Waals surface area (Å²) in [7, 11) is 0. The van der Waals surface area contributed by atoms with E-state index < -0.39 is 11.7 Å². The first-order chi connectivity index (χ1) is 9.83. The summed E-state index contributed by atoms with van der Waals surface area (Å²) >= 11 is 0. The summed E-state index contributed by atoms with van der Waals surface area (Å²) < 4.78 is 5.18. The minimum absolute atomic E-state index is 0.116. The Bertz CT molecular complexity index is 531. The molecule has 2 amide bonds. The lowest BCUT2D eigenvalue weighted by Gasteiger charge is -2.19. The Kier molecular flexibility index (Phi) is 4.50. The minimum Gasteiger partial charge on any atom is -0.444 e. The van der Waals surface area contributed by atoms with Gasteiger partial charge in [-0.15, -0.1) is 0 Å². The highest BCUT2D eigenvalue weighted by Gasteiger charge is 2.22. The van der Waals surface area contributed by atoms with E-state index in [2.05, 4.69) is 10.6 Å². The zero-order chi connectivity index (χ0) is 15.5. The SMILES string of the molecule is CC(C)(C)OC(=O)Nc1cccc(C(=O)NCC2CC2)c1. The monoisotopic (exact) mass is 290 g/mol. The van der Waals surface area contributed by atoms with E-state index in [9.17, 15) is 9.59 Å². The minimum atomic E-state index is -0.552. The Morgan fingerprint density at radius 2 is 2.00 bits per heavy atom. The van der Waals surface area contributed by atoms with Crippen molar-refractivity contribution in [3.05, 3.63) is 29.8 Å². The van der Waals surface area contributed by atoms with Gasteiger partial charge in [0, 0.05) is 17.8 Å². The van der Waals surface area contributed by atoms with Crippen molar-refractivity contribution in [3.8, 4) is 0 Å². The molecule has 0 bridgehead atoms. The zero-order valence-corrected chi connectivity index (χ0v) is 12.7. The predicted molar refractivity (Wildman–Crippen MR) is 81.4 cm³/mol. The lowest BCUT2D eigenvalue weighted by Crippen LogP contribution is -2.27. The maximum atomic E-state index is 12.0. The molecular weight excluding hydrogens is 268 g/mol. The standard InChI is InChI=1S/C16H22N2O3/c1-16(2,3)21-15(20)18-13-6-4-5-12(9-13)14(19)17-10-11-7-8-11/h4-6,9,11H,7-8,10H2,1-3H3,(H,17,19)(H,18,20). The summed E-state index contributed by atoms with van der Waals surface area (Å²) in [4.78, 5) is 23.7. The van der Waals surface area contributed by atoms with E-state index >= 15 is 0 Å². The van der Waals surface area contributed by atoms with E-state index in [4.69, 9.17) is 4.74 Å². The molecule has 0 unspecified atom stereocenters. The highest BCUT2D eigenvalue weighted by atomic mass is 16.6. The van der Waals surface area contributed by atoms with E-state index in [0.717, 1.165) is 6.54 Å². The smallest absolute Gasteiger partial charge is 0.412 e. The molecule has 1 fully saturated rings. The second kappa shape index (κ2) is 6.16. The molecule has 2 rings (SSSR count). The average molecular weight is 290 g/mol. The number of hydrogen-bond donors (Lipinski definition) is 2. The average Bonchev–Trinajstić information content (AvgIpc) is 3.17. The number of nitrogens with one attached hydrogen (secondary N) is 2. The van der Waals surface area contributed by atoms with Gasteiger partial charge in [0.25, 0.3) is 5.91 Å². The van der Waals surface area contributed by atoms with Crippen molar-refractivity contribution in [2.45, 2.75) is 39.2 Å². The van der Waals surface area contributed by atoms with Gasteiger partial charge < -0.3 is 10.1 Å². The second-order valence-electron chi connectivity index (χ2n) is 6.36. The summed E-state index contributed by atoms with van der Waals surface area (Å²) in [5, 5.41) is 5.53. The van der Waals surface area contributed by atoms with Crippen molar-refractivity contribution in [2.24, 2.45) is 5.92 Å². The van der Waals surface area contributed by atoms with Crippen LogP contribution in [0.3, 0.4) is 0 Å². The van der Waals surface area contributed by atoms with Gasteiger partial charge >= 0.3 is 6.09 Å². The van der Waals surface area contributed by atoms with Crippen molar-refractivity contribution in [1.82, 2.24) is 5.32 Å². The number of carbonyl (C=O) groups excluding carboxylic acids is 2. The maximum Gasteiger partial charge on any atom is 0.412 e. The molecule has 1 saturated carbocycles. The zero-order valence-electron chi connectivity index (χ0n) is 12.7. The molecule has 0 radical (unpaired) electrons. The Hall–Kier alpha value is -2.04. The first-order valence-electron chi connectivity index (χ1n) is 7.22. The van der Waals surface area contributed by atoms with Gasteiger partial charge in [0.1, 0.15) is 5.60 Å². The normalized spacial score (nSPS) is 14.4. The Morgan fingerprint density at radius 3 is 2.62 bits per heavy atom. The Morgan fingerprint density at radius 1 is 1.29 bits per heavy atom. The van der Waals surface area contributed by atoms with Crippen LogP contribution in [0.2, 0.25) is 0 Å². The van der Waals surface area contributed by atoms with Crippen LogP contribution in [0.25, 0.3) is 0 Å². The van der Waals surface area contributed by atoms with Gasteiger partial charge in [0.05, 0.1) is 0 Å². The summed E-state index contributed by atoms with van der Waals surface area (Å²) in [6.07, 6.45) is 1.86. The predicted octanol–water partition coefficient (Wildman–Crippen LogP) is 3.17. The van der Waals surface area contributed by atoms with Crippen molar-refractivity contribution in [3.63, 3.8) is 0 Å². The van der Waals surface area contributed by atoms with Crippen LogP contribution in [0.5, 0.6) is 0 Å². The molecular formula is C16H22N2O3. The maximum absolute atomic E-state index is 12.0. The van der Waals surface area contributed by atoms with Crippen LogP contribution in [0.4, 0.5) is 10.5 Å².